The molecular weight excluding hydrogens is 343 g/mol. The van der Waals surface area contributed by atoms with Crippen molar-refractivity contribution in [3.05, 3.63) is 53.3 Å². The van der Waals surface area contributed by atoms with E-state index in [2.05, 4.69) is 4.90 Å². The van der Waals surface area contributed by atoms with Crippen LogP contribution in [0.25, 0.3) is 11.1 Å². The zero-order chi connectivity index (χ0) is 18.0. The van der Waals surface area contributed by atoms with E-state index in [4.69, 9.17) is 11.6 Å². The van der Waals surface area contributed by atoms with Crippen molar-refractivity contribution in [2.75, 3.05) is 25.0 Å². The fourth-order valence-electron chi connectivity index (χ4n) is 3.36. The number of para-hydroxylation sites is 1. The molecule has 1 saturated heterocycles. The molecule has 1 N–H and O–H groups in total. The van der Waals surface area contributed by atoms with Crippen LogP contribution in [0, 0.1) is 5.82 Å². The molecule has 0 spiro atoms. The van der Waals surface area contributed by atoms with Gasteiger partial charge in [0, 0.05) is 23.2 Å². The maximum atomic E-state index is 13.8. The lowest BCUT2D eigenvalue weighted by atomic mass is 10.0. The van der Waals surface area contributed by atoms with Gasteiger partial charge in [0.25, 0.3) is 0 Å². The molecule has 1 aliphatic rings. The van der Waals surface area contributed by atoms with Gasteiger partial charge in [-0.3, -0.25) is 4.90 Å². The summed E-state index contributed by atoms with van der Waals surface area (Å²) in [5, 5.41) is 10.0. The van der Waals surface area contributed by atoms with Crippen LogP contribution in [-0.4, -0.2) is 42.3 Å². The van der Waals surface area contributed by atoms with Crippen LogP contribution in [0.5, 0.6) is 0 Å². The van der Waals surface area contributed by atoms with E-state index < -0.39 is 11.9 Å². The van der Waals surface area contributed by atoms with Crippen LogP contribution < -0.4 is 4.90 Å². The van der Waals surface area contributed by atoms with Crippen LogP contribution in [0.4, 0.5) is 14.9 Å². The third kappa shape index (κ3) is 3.94. The van der Waals surface area contributed by atoms with Crippen LogP contribution in [0.2, 0.25) is 5.02 Å². The normalized spacial score (nSPS) is 17.6. The first-order valence-corrected chi connectivity index (χ1v) is 8.59. The number of amides is 1. The number of likely N-dealkylation sites (tertiary alicyclic amines) is 1. The molecule has 3 rings (SSSR count). The fraction of sp³-hybridized carbons (Fsp3) is 0.316. The number of benzene rings is 2. The van der Waals surface area contributed by atoms with Gasteiger partial charge >= 0.3 is 6.09 Å². The van der Waals surface area contributed by atoms with Crippen molar-refractivity contribution >= 4 is 23.4 Å². The zero-order valence-corrected chi connectivity index (χ0v) is 14.7. The lowest BCUT2D eigenvalue weighted by Gasteiger charge is -2.28. The molecule has 0 unspecified atom stereocenters. The Morgan fingerprint density at radius 3 is 2.76 bits per heavy atom. The molecule has 2 aromatic rings. The highest BCUT2D eigenvalue weighted by molar-refractivity contribution is 6.30. The van der Waals surface area contributed by atoms with Crippen LogP contribution >= 0.6 is 11.6 Å². The lowest BCUT2D eigenvalue weighted by Crippen LogP contribution is -2.41. The van der Waals surface area contributed by atoms with Crippen LogP contribution in [0.15, 0.2) is 42.5 Å². The molecule has 0 radical (unpaired) electrons. The second kappa shape index (κ2) is 7.42. The van der Waals surface area contributed by atoms with Gasteiger partial charge in [-0.15, -0.1) is 0 Å². The van der Waals surface area contributed by atoms with E-state index in [1.807, 2.05) is 7.05 Å². The quantitative estimate of drug-likeness (QED) is 0.855. The molecule has 1 heterocycles. The molecule has 0 aromatic heterocycles. The Bertz CT molecular complexity index is 764. The summed E-state index contributed by atoms with van der Waals surface area (Å²) < 4.78 is 13.8. The Morgan fingerprint density at radius 1 is 1.36 bits per heavy atom. The van der Waals surface area contributed by atoms with Gasteiger partial charge in [0.2, 0.25) is 0 Å². The van der Waals surface area contributed by atoms with Crippen LogP contribution in [0.3, 0.4) is 0 Å². The Hall–Kier alpha value is -2.11. The minimum absolute atomic E-state index is 0.181. The van der Waals surface area contributed by atoms with Gasteiger partial charge in [0.1, 0.15) is 5.82 Å². The summed E-state index contributed by atoms with van der Waals surface area (Å²) >= 11 is 5.97. The molecule has 25 heavy (non-hydrogen) atoms. The Kier molecular flexibility index (Phi) is 5.25. The average Bonchev–Trinajstić information content (AvgIpc) is 2.96. The molecule has 1 aliphatic heterocycles. The first-order valence-electron chi connectivity index (χ1n) is 8.22. The van der Waals surface area contributed by atoms with E-state index in [-0.39, 0.29) is 11.1 Å². The van der Waals surface area contributed by atoms with Crippen LogP contribution in [0.1, 0.15) is 12.8 Å². The van der Waals surface area contributed by atoms with Crippen molar-refractivity contribution in [3.63, 3.8) is 0 Å². The number of carboxylic acid groups (broad SMARTS) is 1. The number of halogens is 2. The number of rotatable bonds is 4. The third-order valence-corrected chi connectivity index (χ3v) is 4.88. The zero-order valence-electron chi connectivity index (χ0n) is 14.0. The standard InChI is InChI=1S/C19H20ClFN2O2/c1-22-8-4-5-16(22)12-23(19(24)25)18-7-3-2-6-17(18)13-9-14(20)11-15(21)10-13/h2-3,6-7,9-11,16H,4-5,8,12H2,1H3,(H,24,25)/t16-/m0/s1. The van der Waals surface area contributed by atoms with E-state index >= 15 is 0 Å². The smallest absolute Gasteiger partial charge is 0.411 e. The van der Waals surface area contributed by atoms with Crippen molar-refractivity contribution in [2.45, 2.75) is 18.9 Å². The number of hydrogen-bond acceptors (Lipinski definition) is 2. The van der Waals surface area contributed by atoms with Crippen LogP contribution in [-0.2, 0) is 0 Å². The van der Waals surface area contributed by atoms with E-state index in [9.17, 15) is 14.3 Å². The molecule has 2 aromatic carbocycles. The average molecular weight is 363 g/mol. The fourth-order valence-corrected chi connectivity index (χ4v) is 3.58. The minimum Gasteiger partial charge on any atom is -0.465 e. The lowest BCUT2D eigenvalue weighted by molar-refractivity contribution is 0.198. The van der Waals surface area contributed by atoms with E-state index in [0.717, 1.165) is 19.4 Å². The monoisotopic (exact) mass is 362 g/mol. The van der Waals surface area contributed by atoms with E-state index in [1.165, 1.54) is 17.0 Å². The summed E-state index contributed by atoms with van der Waals surface area (Å²) in [4.78, 5) is 15.4. The van der Waals surface area contributed by atoms with E-state index in [1.54, 1.807) is 30.3 Å². The molecule has 1 fully saturated rings. The molecular formula is C19H20ClFN2O2. The number of nitrogens with zero attached hydrogens (tertiary/aromatic N) is 2. The summed E-state index contributed by atoms with van der Waals surface area (Å²) in [6, 6.07) is 11.5. The molecule has 4 nitrogen and oxygen atoms in total. The van der Waals surface area contributed by atoms with Crippen molar-refractivity contribution in [3.8, 4) is 11.1 Å². The van der Waals surface area contributed by atoms with Crippen molar-refractivity contribution < 1.29 is 14.3 Å². The maximum Gasteiger partial charge on any atom is 0.411 e. The van der Waals surface area contributed by atoms with Gasteiger partial charge in [-0.2, -0.15) is 0 Å². The summed E-state index contributed by atoms with van der Waals surface area (Å²) in [7, 11) is 2.01. The first-order chi connectivity index (χ1) is 12.0. The van der Waals surface area contributed by atoms with E-state index in [0.29, 0.717) is 23.4 Å². The highest BCUT2D eigenvalue weighted by Gasteiger charge is 2.27. The largest absolute Gasteiger partial charge is 0.465 e. The first kappa shape index (κ1) is 17.7. The SMILES string of the molecule is CN1CCC[C@H]1CN(C(=O)O)c1ccccc1-c1cc(F)cc(Cl)c1. The highest BCUT2D eigenvalue weighted by Crippen LogP contribution is 2.33. The Labute approximate surface area is 151 Å². The number of hydrogen-bond donors (Lipinski definition) is 1. The van der Waals surface area contributed by atoms with Gasteiger partial charge in [0.05, 0.1) is 5.69 Å². The Balaban J connectivity index is 2.01. The summed E-state index contributed by atoms with van der Waals surface area (Å²) in [6.07, 6.45) is 1.01. The molecule has 0 saturated carbocycles. The topological polar surface area (TPSA) is 43.8 Å². The van der Waals surface area contributed by atoms with Crippen molar-refractivity contribution in [1.29, 1.82) is 0 Å². The predicted octanol–water partition coefficient (Wildman–Crippen LogP) is 4.72. The van der Waals surface area contributed by atoms with Gasteiger partial charge in [-0.05, 0) is 56.3 Å². The second-order valence-corrected chi connectivity index (χ2v) is 6.78. The molecule has 1 amide bonds. The molecule has 0 aliphatic carbocycles. The third-order valence-electron chi connectivity index (χ3n) is 4.66. The van der Waals surface area contributed by atoms with Gasteiger partial charge in [-0.1, -0.05) is 29.8 Å². The number of carbonyl (C=O) groups is 1. The van der Waals surface area contributed by atoms with Gasteiger partial charge < -0.3 is 10.0 Å². The predicted molar refractivity (Wildman–Crippen MR) is 97.9 cm³/mol. The highest BCUT2D eigenvalue weighted by atomic mass is 35.5. The van der Waals surface area contributed by atoms with Crippen molar-refractivity contribution in [2.24, 2.45) is 0 Å². The Morgan fingerprint density at radius 2 is 2.12 bits per heavy atom. The minimum atomic E-state index is -1.02. The molecule has 132 valence electrons. The molecule has 0 bridgehead atoms. The maximum absolute atomic E-state index is 13.8. The molecule has 1 atom stereocenters. The van der Waals surface area contributed by atoms with Gasteiger partial charge in [-0.25, -0.2) is 9.18 Å². The van der Waals surface area contributed by atoms with Crippen molar-refractivity contribution in [1.82, 2.24) is 4.90 Å². The summed E-state index contributed by atoms with van der Waals surface area (Å²) in [6.45, 7) is 1.35. The summed E-state index contributed by atoms with van der Waals surface area (Å²) in [5.74, 6) is -0.449. The molecule has 6 heteroatoms. The second-order valence-electron chi connectivity index (χ2n) is 6.35. The summed E-state index contributed by atoms with van der Waals surface area (Å²) in [5.41, 5.74) is 1.75. The number of likely N-dealkylation sites (N-methyl/N-ethyl adjacent to an activating group) is 1. The number of anilines is 1. The van der Waals surface area contributed by atoms with Gasteiger partial charge in [0.15, 0.2) is 0 Å².